The van der Waals surface area contributed by atoms with Crippen molar-refractivity contribution in [3.8, 4) is 0 Å². The van der Waals surface area contributed by atoms with Gasteiger partial charge < -0.3 is 24.4 Å². The largest absolute Gasteiger partial charge is 0.515 e. The predicted molar refractivity (Wildman–Crippen MR) is 28.0 cm³/mol. The van der Waals surface area contributed by atoms with E-state index in [4.69, 9.17) is 10.2 Å². The second kappa shape index (κ2) is 1.66. The third-order valence-electron chi connectivity index (χ3n) is 1.73. The molecule has 62 valence electrons. The molecular formula is C5H6O6. The van der Waals surface area contributed by atoms with Gasteiger partial charge in [-0.1, -0.05) is 0 Å². The van der Waals surface area contributed by atoms with E-state index in [1.807, 2.05) is 0 Å². The molecule has 1 spiro atoms. The maximum absolute atomic E-state index is 10.2. The summed E-state index contributed by atoms with van der Waals surface area (Å²) in [5, 5.41) is 18.0. The first-order chi connectivity index (χ1) is 5.06. The molecule has 6 nitrogen and oxygen atoms in total. The van der Waals surface area contributed by atoms with Crippen molar-refractivity contribution in [3.05, 3.63) is 0 Å². The van der Waals surface area contributed by atoms with Crippen LogP contribution in [-0.2, 0) is 14.2 Å². The summed E-state index contributed by atoms with van der Waals surface area (Å²) < 4.78 is 13.3. The van der Waals surface area contributed by atoms with Gasteiger partial charge in [0.15, 0.2) is 0 Å². The Morgan fingerprint density at radius 1 is 1.36 bits per heavy atom. The van der Waals surface area contributed by atoms with E-state index >= 15 is 0 Å². The normalized spacial score (nSPS) is 30.9. The van der Waals surface area contributed by atoms with Crippen LogP contribution in [0.3, 0.4) is 0 Å². The smallest absolute Gasteiger partial charge is 0.382 e. The molecule has 0 aliphatic carbocycles. The van der Waals surface area contributed by atoms with Crippen LogP contribution < -0.4 is 0 Å². The minimum Gasteiger partial charge on any atom is -0.382 e. The maximum atomic E-state index is 10.2. The molecule has 2 rings (SSSR count). The lowest BCUT2D eigenvalue weighted by molar-refractivity contribution is -0.456. The number of carbonyl (C=O) groups excluding carboxylic acids is 1. The highest BCUT2D eigenvalue weighted by molar-refractivity contribution is 5.66. The molecule has 2 aliphatic rings. The van der Waals surface area contributed by atoms with Gasteiger partial charge in [0.05, 0.1) is 13.0 Å². The van der Waals surface area contributed by atoms with Crippen LogP contribution in [0.2, 0.25) is 0 Å². The zero-order valence-electron chi connectivity index (χ0n) is 5.44. The highest BCUT2D eigenvalue weighted by atomic mass is 17.0. The van der Waals surface area contributed by atoms with Crippen molar-refractivity contribution in [2.24, 2.45) is 0 Å². The maximum Gasteiger partial charge on any atom is 0.515 e. The number of carbonyl (C=O) groups is 1. The Morgan fingerprint density at radius 3 is 2.36 bits per heavy atom. The van der Waals surface area contributed by atoms with Gasteiger partial charge in [0.2, 0.25) is 0 Å². The summed E-state index contributed by atoms with van der Waals surface area (Å²) in [7, 11) is 0. The van der Waals surface area contributed by atoms with Crippen LogP contribution in [0.1, 0.15) is 6.42 Å². The zero-order valence-corrected chi connectivity index (χ0v) is 5.44. The highest BCUT2D eigenvalue weighted by Gasteiger charge is 2.68. The fourth-order valence-electron chi connectivity index (χ4n) is 1.11. The molecule has 6 heteroatoms. The zero-order chi connectivity index (χ0) is 8.11. The number of hydrogen-bond donors (Lipinski definition) is 2. The van der Waals surface area contributed by atoms with Crippen LogP contribution in [0, 0.1) is 0 Å². The first-order valence-electron chi connectivity index (χ1n) is 3.06. The van der Waals surface area contributed by atoms with E-state index in [9.17, 15) is 4.79 Å². The van der Waals surface area contributed by atoms with Crippen molar-refractivity contribution < 1.29 is 29.2 Å². The van der Waals surface area contributed by atoms with E-state index in [0.29, 0.717) is 0 Å². The average molecular weight is 162 g/mol. The third kappa shape index (κ3) is 0.684. The molecule has 2 aliphatic heterocycles. The predicted octanol–water partition coefficient (Wildman–Crippen LogP) is -1.09. The van der Waals surface area contributed by atoms with Gasteiger partial charge in [0.25, 0.3) is 0 Å². The van der Waals surface area contributed by atoms with Crippen molar-refractivity contribution in [2.45, 2.75) is 18.2 Å². The van der Waals surface area contributed by atoms with E-state index in [0.717, 1.165) is 0 Å². The van der Waals surface area contributed by atoms with Crippen LogP contribution in [0.4, 0.5) is 4.79 Å². The van der Waals surface area contributed by atoms with E-state index in [2.05, 4.69) is 14.2 Å². The molecule has 0 bridgehead atoms. The number of rotatable bonds is 0. The summed E-state index contributed by atoms with van der Waals surface area (Å²) in [6.45, 7) is 0.0836. The van der Waals surface area contributed by atoms with E-state index in [1.54, 1.807) is 0 Å². The molecule has 2 N–H and O–H groups in total. The Balaban J connectivity index is 2.20. The monoisotopic (exact) mass is 162 g/mol. The summed E-state index contributed by atoms with van der Waals surface area (Å²) in [6.07, 6.45) is -0.783. The second-order valence-electron chi connectivity index (χ2n) is 2.41. The molecule has 2 heterocycles. The lowest BCUT2D eigenvalue weighted by Gasteiger charge is -2.40. The van der Waals surface area contributed by atoms with Crippen molar-refractivity contribution in [3.63, 3.8) is 0 Å². The molecular weight excluding hydrogens is 156 g/mol. The average Bonchev–Trinajstić information content (AvgIpc) is 2.07. The van der Waals surface area contributed by atoms with E-state index in [1.165, 1.54) is 0 Å². The van der Waals surface area contributed by atoms with Gasteiger partial charge in [0.1, 0.15) is 0 Å². The van der Waals surface area contributed by atoms with Gasteiger partial charge in [-0.05, 0) is 0 Å². The van der Waals surface area contributed by atoms with Crippen molar-refractivity contribution in [1.82, 2.24) is 0 Å². The summed E-state index contributed by atoms with van der Waals surface area (Å²) in [6, 6.07) is 0. The van der Waals surface area contributed by atoms with Crippen molar-refractivity contribution in [2.75, 3.05) is 6.61 Å². The molecule has 0 amide bonds. The van der Waals surface area contributed by atoms with Gasteiger partial charge in [-0.2, -0.15) is 0 Å². The lowest BCUT2D eigenvalue weighted by Crippen LogP contribution is -2.63. The molecule has 0 aromatic heterocycles. The molecule has 0 saturated carbocycles. The molecule has 0 aromatic rings. The minimum atomic E-state index is -2.50. The first kappa shape index (κ1) is 6.84. The highest BCUT2D eigenvalue weighted by Crippen LogP contribution is 2.42. The minimum absolute atomic E-state index is 0.0836. The summed E-state index contributed by atoms with van der Waals surface area (Å²) in [4.78, 5) is 10.2. The molecule has 0 unspecified atom stereocenters. The number of ether oxygens (including phenoxy) is 3. The van der Waals surface area contributed by atoms with Crippen LogP contribution in [0.5, 0.6) is 0 Å². The van der Waals surface area contributed by atoms with E-state index < -0.39 is 17.9 Å². The quantitative estimate of drug-likeness (QED) is 0.347. The van der Waals surface area contributed by atoms with Crippen molar-refractivity contribution in [1.29, 1.82) is 0 Å². The third-order valence-corrected chi connectivity index (χ3v) is 1.73. The Kier molecular flexibility index (Phi) is 1.03. The van der Waals surface area contributed by atoms with Crippen LogP contribution in [0.15, 0.2) is 0 Å². The molecule has 0 radical (unpaired) electrons. The topological polar surface area (TPSA) is 85.2 Å². The Labute approximate surface area is 61.3 Å². The van der Waals surface area contributed by atoms with Gasteiger partial charge in [0, 0.05) is 0 Å². The summed E-state index contributed by atoms with van der Waals surface area (Å²) in [5.41, 5.74) is 0. The van der Waals surface area contributed by atoms with Crippen LogP contribution in [-0.4, -0.2) is 34.7 Å². The SMILES string of the molecule is O=C1OC2(CCOC2(O)O)O1. The number of hydrogen-bond acceptors (Lipinski definition) is 6. The number of aliphatic hydroxyl groups is 2. The Morgan fingerprint density at radius 2 is 2.00 bits per heavy atom. The fourth-order valence-corrected chi connectivity index (χ4v) is 1.11. The molecule has 2 fully saturated rings. The standard InChI is InChI=1S/C5H6O6/c6-3-10-4(11-3)1-2-9-5(4,7)8/h7-8H,1-2H2. The van der Waals surface area contributed by atoms with Gasteiger partial charge in [-0.25, -0.2) is 4.79 Å². The molecule has 2 saturated heterocycles. The summed E-state index contributed by atoms with van der Waals surface area (Å²) >= 11 is 0. The van der Waals surface area contributed by atoms with Gasteiger partial charge in [-0.3, -0.25) is 0 Å². The lowest BCUT2D eigenvalue weighted by atomic mass is 10.2. The van der Waals surface area contributed by atoms with E-state index in [-0.39, 0.29) is 13.0 Å². The van der Waals surface area contributed by atoms with Gasteiger partial charge in [-0.15, -0.1) is 0 Å². The van der Waals surface area contributed by atoms with Crippen molar-refractivity contribution >= 4 is 6.16 Å². The second-order valence-corrected chi connectivity index (χ2v) is 2.41. The summed E-state index contributed by atoms with van der Waals surface area (Å²) in [5.74, 6) is -4.18. The van der Waals surface area contributed by atoms with Crippen LogP contribution >= 0.6 is 0 Å². The van der Waals surface area contributed by atoms with Crippen LogP contribution in [0.25, 0.3) is 0 Å². The van der Waals surface area contributed by atoms with Gasteiger partial charge >= 0.3 is 17.9 Å². The molecule has 11 heavy (non-hydrogen) atoms. The fraction of sp³-hybridized carbons (Fsp3) is 0.800. The Bertz CT molecular complexity index is 201. The molecule has 0 atom stereocenters. The molecule has 0 aromatic carbocycles. The Hall–Kier alpha value is -0.850. The first-order valence-corrected chi connectivity index (χ1v) is 3.06.